The van der Waals surface area contributed by atoms with E-state index in [2.05, 4.69) is 27.7 Å². The van der Waals surface area contributed by atoms with E-state index < -0.39 is 0 Å². The van der Waals surface area contributed by atoms with Crippen LogP contribution in [0.5, 0.6) is 0 Å². The van der Waals surface area contributed by atoms with Crippen molar-refractivity contribution in [3.05, 3.63) is 0 Å². The van der Waals surface area contributed by atoms with Crippen LogP contribution in [0.2, 0.25) is 0 Å². The van der Waals surface area contributed by atoms with Crippen LogP contribution in [0.25, 0.3) is 0 Å². The standard InChI is InChI=1S/C13H29N/c1-5-7-9-12(10-8-6-2)13(3,4)11-14/h12H,5-11,14H2,1-4H3. The van der Waals surface area contributed by atoms with E-state index in [4.69, 9.17) is 5.73 Å². The highest BCUT2D eigenvalue weighted by atomic mass is 14.6. The van der Waals surface area contributed by atoms with Crippen molar-refractivity contribution in [3.8, 4) is 0 Å². The van der Waals surface area contributed by atoms with Crippen molar-refractivity contribution < 1.29 is 0 Å². The van der Waals surface area contributed by atoms with E-state index in [1.165, 1.54) is 38.5 Å². The fourth-order valence-electron chi connectivity index (χ4n) is 1.99. The molecule has 0 aromatic carbocycles. The summed E-state index contributed by atoms with van der Waals surface area (Å²) in [5.74, 6) is 0.826. The van der Waals surface area contributed by atoms with Crippen molar-refractivity contribution in [1.29, 1.82) is 0 Å². The van der Waals surface area contributed by atoms with E-state index in [1.807, 2.05) is 0 Å². The average molecular weight is 199 g/mol. The second-order valence-electron chi connectivity index (χ2n) is 5.17. The Bertz CT molecular complexity index is 121. The molecule has 0 unspecified atom stereocenters. The third-order valence-corrected chi connectivity index (χ3v) is 3.44. The molecule has 14 heavy (non-hydrogen) atoms. The van der Waals surface area contributed by atoms with Gasteiger partial charge >= 0.3 is 0 Å². The highest BCUT2D eigenvalue weighted by Crippen LogP contribution is 2.33. The molecule has 0 heterocycles. The van der Waals surface area contributed by atoms with Crippen molar-refractivity contribution >= 4 is 0 Å². The van der Waals surface area contributed by atoms with E-state index >= 15 is 0 Å². The number of rotatable bonds is 8. The second-order valence-corrected chi connectivity index (χ2v) is 5.17. The Kier molecular flexibility index (Phi) is 7.26. The van der Waals surface area contributed by atoms with Crippen LogP contribution in [0.3, 0.4) is 0 Å². The maximum atomic E-state index is 5.85. The first kappa shape index (κ1) is 14.0. The zero-order valence-corrected chi connectivity index (χ0v) is 10.6. The Morgan fingerprint density at radius 2 is 1.43 bits per heavy atom. The van der Waals surface area contributed by atoms with E-state index in [0.717, 1.165) is 12.5 Å². The molecule has 0 aliphatic carbocycles. The summed E-state index contributed by atoms with van der Waals surface area (Å²) in [5, 5.41) is 0. The van der Waals surface area contributed by atoms with Crippen LogP contribution >= 0.6 is 0 Å². The van der Waals surface area contributed by atoms with Gasteiger partial charge in [0.2, 0.25) is 0 Å². The summed E-state index contributed by atoms with van der Waals surface area (Å²) >= 11 is 0. The van der Waals surface area contributed by atoms with Crippen molar-refractivity contribution in [3.63, 3.8) is 0 Å². The first-order valence-corrected chi connectivity index (χ1v) is 6.28. The molecular weight excluding hydrogens is 170 g/mol. The summed E-state index contributed by atoms with van der Waals surface area (Å²) in [5.41, 5.74) is 6.19. The predicted molar refractivity (Wildman–Crippen MR) is 65.4 cm³/mol. The van der Waals surface area contributed by atoms with Gasteiger partial charge in [0, 0.05) is 0 Å². The molecule has 0 aromatic heterocycles. The average Bonchev–Trinajstić information content (AvgIpc) is 2.17. The molecule has 0 rings (SSSR count). The Labute approximate surface area is 90.5 Å². The normalized spacial score (nSPS) is 12.4. The topological polar surface area (TPSA) is 26.0 Å². The molecule has 0 atom stereocenters. The molecule has 0 saturated heterocycles. The molecule has 0 radical (unpaired) electrons. The fraction of sp³-hybridized carbons (Fsp3) is 1.00. The molecule has 0 aliphatic heterocycles. The van der Waals surface area contributed by atoms with Crippen LogP contribution in [0.15, 0.2) is 0 Å². The molecule has 0 fully saturated rings. The molecule has 0 amide bonds. The van der Waals surface area contributed by atoms with Crippen LogP contribution in [0.4, 0.5) is 0 Å². The summed E-state index contributed by atoms with van der Waals surface area (Å²) in [6.07, 6.45) is 8.06. The maximum absolute atomic E-state index is 5.85. The van der Waals surface area contributed by atoms with Gasteiger partial charge in [0.05, 0.1) is 0 Å². The number of nitrogens with two attached hydrogens (primary N) is 1. The van der Waals surface area contributed by atoms with Crippen LogP contribution in [-0.2, 0) is 0 Å². The third-order valence-electron chi connectivity index (χ3n) is 3.44. The summed E-state index contributed by atoms with van der Waals surface area (Å²) in [4.78, 5) is 0. The monoisotopic (exact) mass is 199 g/mol. The maximum Gasteiger partial charge on any atom is -0.00232 e. The van der Waals surface area contributed by atoms with Gasteiger partial charge in [0.1, 0.15) is 0 Å². The zero-order chi connectivity index (χ0) is 11.0. The lowest BCUT2D eigenvalue weighted by atomic mass is 9.74. The summed E-state index contributed by atoms with van der Waals surface area (Å²) in [6.45, 7) is 10.0. The first-order valence-electron chi connectivity index (χ1n) is 6.28. The van der Waals surface area contributed by atoms with E-state index in [1.54, 1.807) is 0 Å². The Hall–Kier alpha value is -0.0400. The Morgan fingerprint density at radius 3 is 1.71 bits per heavy atom. The Balaban J connectivity index is 4.08. The van der Waals surface area contributed by atoms with Gasteiger partial charge in [-0.2, -0.15) is 0 Å². The van der Waals surface area contributed by atoms with Gasteiger partial charge in [-0.25, -0.2) is 0 Å². The van der Waals surface area contributed by atoms with E-state index in [-0.39, 0.29) is 0 Å². The fourth-order valence-corrected chi connectivity index (χ4v) is 1.99. The largest absolute Gasteiger partial charge is 0.330 e. The lowest BCUT2D eigenvalue weighted by Crippen LogP contribution is -2.32. The minimum absolute atomic E-state index is 0.338. The molecule has 0 aliphatic rings. The van der Waals surface area contributed by atoms with Gasteiger partial charge in [-0.1, -0.05) is 53.4 Å². The molecule has 2 N–H and O–H groups in total. The molecule has 1 nitrogen and oxygen atoms in total. The van der Waals surface area contributed by atoms with Crippen LogP contribution in [0.1, 0.15) is 66.2 Å². The van der Waals surface area contributed by atoms with E-state index in [9.17, 15) is 0 Å². The second kappa shape index (κ2) is 7.28. The smallest absolute Gasteiger partial charge is 0.00232 e. The van der Waals surface area contributed by atoms with Crippen LogP contribution in [-0.4, -0.2) is 6.54 Å². The van der Waals surface area contributed by atoms with Crippen LogP contribution < -0.4 is 5.73 Å². The zero-order valence-electron chi connectivity index (χ0n) is 10.6. The predicted octanol–water partition coefficient (Wildman–Crippen LogP) is 3.97. The highest BCUT2D eigenvalue weighted by Gasteiger charge is 2.26. The van der Waals surface area contributed by atoms with Gasteiger partial charge < -0.3 is 5.73 Å². The van der Waals surface area contributed by atoms with E-state index in [0.29, 0.717) is 5.41 Å². The minimum atomic E-state index is 0.338. The summed E-state index contributed by atoms with van der Waals surface area (Å²) in [6, 6.07) is 0. The van der Waals surface area contributed by atoms with Crippen molar-refractivity contribution in [2.75, 3.05) is 6.54 Å². The number of hydrogen-bond acceptors (Lipinski definition) is 1. The van der Waals surface area contributed by atoms with Crippen LogP contribution in [0, 0.1) is 11.3 Å². The SMILES string of the molecule is CCCCC(CCCC)C(C)(C)CN. The van der Waals surface area contributed by atoms with Gasteiger partial charge in [-0.05, 0) is 30.7 Å². The Morgan fingerprint density at radius 1 is 1.00 bits per heavy atom. The quantitative estimate of drug-likeness (QED) is 0.629. The number of unbranched alkanes of at least 4 members (excludes halogenated alkanes) is 2. The van der Waals surface area contributed by atoms with Gasteiger partial charge in [0.25, 0.3) is 0 Å². The molecule has 0 spiro atoms. The lowest BCUT2D eigenvalue weighted by Gasteiger charge is -2.33. The van der Waals surface area contributed by atoms with Gasteiger partial charge in [0.15, 0.2) is 0 Å². The molecule has 1 heteroatoms. The summed E-state index contributed by atoms with van der Waals surface area (Å²) in [7, 11) is 0. The van der Waals surface area contributed by atoms with Gasteiger partial charge in [-0.15, -0.1) is 0 Å². The molecule has 86 valence electrons. The van der Waals surface area contributed by atoms with Crippen molar-refractivity contribution in [1.82, 2.24) is 0 Å². The van der Waals surface area contributed by atoms with Gasteiger partial charge in [-0.3, -0.25) is 0 Å². The number of hydrogen-bond donors (Lipinski definition) is 1. The van der Waals surface area contributed by atoms with Crippen molar-refractivity contribution in [2.24, 2.45) is 17.1 Å². The molecule has 0 saturated carbocycles. The third kappa shape index (κ3) is 4.99. The highest BCUT2D eigenvalue weighted by molar-refractivity contribution is 4.79. The molecule has 0 bridgehead atoms. The molecular formula is C13H29N. The van der Waals surface area contributed by atoms with Crippen molar-refractivity contribution in [2.45, 2.75) is 66.2 Å². The lowest BCUT2D eigenvalue weighted by molar-refractivity contribution is 0.188. The first-order chi connectivity index (χ1) is 6.58. The molecule has 0 aromatic rings. The summed E-state index contributed by atoms with van der Waals surface area (Å²) < 4.78 is 0. The minimum Gasteiger partial charge on any atom is -0.330 e.